The van der Waals surface area contributed by atoms with E-state index in [1.54, 1.807) is 0 Å². The summed E-state index contributed by atoms with van der Waals surface area (Å²) in [6.07, 6.45) is 1.46. The zero-order valence-corrected chi connectivity index (χ0v) is 18.4. The Morgan fingerprint density at radius 2 is 1.71 bits per heavy atom. The second kappa shape index (κ2) is 11.5. The van der Waals surface area contributed by atoms with Crippen LogP contribution in [0.2, 0.25) is 0 Å². The minimum atomic E-state index is -0.671. The maximum Gasteiger partial charge on any atom is 0.191 e. The van der Waals surface area contributed by atoms with Crippen LogP contribution in [0.1, 0.15) is 47.5 Å². The summed E-state index contributed by atoms with van der Waals surface area (Å²) in [5.74, 6) is 0.772. The number of rotatable bonds is 8. The Bertz CT molecular complexity index is 368. The zero-order chi connectivity index (χ0) is 17.3. The number of halogens is 1. The maximum atomic E-state index is 10.4. The second-order valence-electron chi connectivity index (χ2n) is 6.89. The average Bonchev–Trinajstić information content (AvgIpc) is 2.58. The Kier molecular flexibility index (Phi) is 11.4. The van der Waals surface area contributed by atoms with E-state index in [4.69, 9.17) is 9.73 Å². The first-order chi connectivity index (χ1) is 10.9. The number of ether oxygens (including phenoxy) is 1. The summed E-state index contributed by atoms with van der Waals surface area (Å²) >= 11 is 0. The normalized spacial score (nSPS) is 17.3. The maximum absolute atomic E-state index is 10.4. The minimum absolute atomic E-state index is 0. The molecule has 7 heteroatoms. The first-order valence-corrected chi connectivity index (χ1v) is 8.94. The van der Waals surface area contributed by atoms with Crippen molar-refractivity contribution >= 4 is 29.9 Å². The quantitative estimate of drug-likeness (QED) is 0.296. The van der Waals surface area contributed by atoms with Gasteiger partial charge in [-0.2, -0.15) is 0 Å². The van der Waals surface area contributed by atoms with Crippen LogP contribution in [-0.4, -0.2) is 73.0 Å². The third-order valence-electron chi connectivity index (χ3n) is 4.74. The standard InChI is InChI=1S/C17H36N4O2.HI/c1-6-17(22,7-2)14-20-15(18-8-3)19-13-16(4,5)21-9-11-23-12-10-21;/h22H,6-14H2,1-5H3,(H2,18,19,20);1H. The van der Waals surface area contributed by atoms with Crippen LogP contribution in [-0.2, 0) is 4.74 Å². The van der Waals surface area contributed by atoms with Crippen LogP contribution in [0.5, 0.6) is 0 Å². The van der Waals surface area contributed by atoms with Crippen molar-refractivity contribution in [2.45, 2.75) is 58.6 Å². The van der Waals surface area contributed by atoms with Crippen LogP contribution >= 0.6 is 24.0 Å². The van der Waals surface area contributed by atoms with E-state index in [-0.39, 0.29) is 29.5 Å². The van der Waals surface area contributed by atoms with Crippen LogP contribution in [0.25, 0.3) is 0 Å². The van der Waals surface area contributed by atoms with Crippen LogP contribution in [0.4, 0.5) is 0 Å². The fourth-order valence-corrected chi connectivity index (χ4v) is 2.63. The highest BCUT2D eigenvalue weighted by Crippen LogP contribution is 2.16. The Morgan fingerprint density at radius 1 is 1.12 bits per heavy atom. The molecule has 0 atom stereocenters. The molecule has 6 nitrogen and oxygen atoms in total. The molecule has 1 aliphatic rings. The molecule has 0 aliphatic carbocycles. The summed E-state index contributed by atoms with van der Waals surface area (Å²) < 4.78 is 5.43. The number of aliphatic imine (C=N–C) groups is 1. The molecular weight excluding hydrogens is 419 g/mol. The molecule has 1 rings (SSSR count). The molecule has 0 aromatic rings. The fraction of sp³-hybridized carbons (Fsp3) is 0.941. The zero-order valence-electron chi connectivity index (χ0n) is 16.0. The number of guanidine groups is 1. The summed E-state index contributed by atoms with van der Waals surface area (Å²) in [4.78, 5) is 7.16. The second-order valence-corrected chi connectivity index (χ2v) is 6.89. The Balaban J connectivity index is 0.00000529. The molecule has 0 radical (unpaired) electrons. The Morgan fingerprint density at radius 3 is 2.21 bits per heavy atom. The summed E-state index contributed by atoms with van der Waals surface area (Å²) in [6, 6.07) is 0. The predicted octanol–water partition coefficient (Wildman–Crippen LogP) is 1.82. The van der Waals surface area contributed by atoms with Gasteiger partial charge in [-0.05, 0) is 33.6 Å². The molecule has 0 amide bonds. The molecule has 1 saturated heterocycles. The molecule has 0 bridgehead atoms. The highest BCUT2D eigenvalue weighted by molar-refractivity contribution is 14.0. The van der Waals surface area contributed by atoms with Crippen molar-refractivity contribution in [1.82, 2.24) is 15.5 Å². The molecule has 0 aromatic heterocycles. The van der Waals surface area contributed by atoms with Gasteiger partial charge in [-0.25, -0.2) is 0 Å². The van der Waals surface area contributed by atoms with Crippen LogP contribution < -0.4 is 10.6 Å². The molecule has 1 fully saturated rings. The van der Waals surface area contributed by atoms with Gasteiger partial charge in [0.15, 0.2) is 5.96 Å². The van der Waals surface area contributed by atoms with E-state index < -0.39 is 5.60 Å². The largest absolute Gasteiger partial charge is 0.388 e. The third-order valence-corrected chi connectivity index (χ3v) is 4.74. The molecule has 144 valence electrons. The van der Waals surface area contributed by atoms with E-state index in [2.05, 4.69) is 36.3 Å². The summed E-state index contributed by atoms with van der Waals surface area (Å²) in [6.45, 7) is 16.1. The summed E-state index contributed by atoms with van der Waals surface area (Å²) in [7, 11) is 0. The fourth-order valence-electron chi connectivity index (χ4n) is 2.63. The third kappa shape index (κ3) is 7.84. The first-order valence-electron chi connectivity index (χ1n) is 8.94. The Hall–Kier alpha value is -0.120. The molecule has 1 heterocycles. The van der Waals surface area contributed by atoms with Gasteiger partial charge in [-0.15, -0.1) is 24.0 Å². The lowest BCUT2D eigenvalue weighted by Crippen LogP contribution is -2.52. The number of nitrogens with zero attached hydrogens (tertiary/aromatic N) is 2. The van der Waals surface area contributed by atoms with Crippen molar-refractivity contribution in [3.05, 3.63) is 0 Å². The molecule has 0 spiro atoms. The van der Waals surface area contributed by atoms with Crippen molar-refractivity contribution in [2.75, 3.05) is 45.9 Å². The lowest BCUT2D eigenvalue weighted by Gasteiger charge is -2.40. The van der Waals surface area contributed by atoms with Gasteiger partial charge in [-0.1, -0.05) is 13.8 Å². The number of hydrogen-bond donors (Lipinski definition) is 3. The lowest BCUT2D eigenvalue weighted by atomic mass is 9.98. The van der Waals surface area contributed by atoms with Gasteiger partial charge in [0.05, 0.1) is 25.4 Å². The summed E-state index contributed by atoms with van der Waals surface area (Å²) in [5, 5.41) is 17.0. The van der Waals surface area contributed by atoms with Gasteiger partial charge < -0.3 is 20.5 Å². The number of aliphatic hydroxyl groups is 1. The highest BCUT2D eigenvalue weighted by atomic mass is 127. The number of morpholine rings is 1. The van der Waals surface area contributed by atoms with Gasteiger partial charge in [0.1, 0.15) is 0 Å². The van der Waals surface area contributed by atoms with Crippen molar-refractivity contribution in [2.24, 2.45) is 4.99 Å². The molecular formula is C17H37IN4O2. The molecule has 3 N–H and O–H groups in total. The molecule has 1 aliphatic heterocycles. The van der Waals surface area contributed by atoms with Crippen molar-refractivity contribution in [3.8, 4) is 0 Å². The molecule has 24 heavy (non-hydrogen) atoms. The van der Waals surface area contributed by atoms with E-state index in [1.807, 2.05) is 13.8 Å². The van der Waals surface area contributed by atoms with Gasteiger partial charge in [-0.3, -0.25) is 9.89 Å². The van der Waals surface area contributed by atoms with E-state index in [0.29, 0.717) is 13.1 Å². The van der Waals surface area contributed by atoms with E-state index >= 15 is 0 Å². The molecule has 0 unspecified atom stereocenters. The predicted molar refractivity (Wildman–Crippen MR) is 111 cm³/mol. The van der Waals surface area contributed by atoms with E-state index in [1.165, 1.54) is 0 Å². The minimum Gasteiger partial charge on any atom is -0.388 e. The van der Waals surface area contributed by atoms with E-state index in [9.17, 15) is 5.11 Å². The van der Waals surface area contributed by atoms with Gasteiger partial charge in [0.25, 0.3) is 0 Å². The smallest absolute Gasteiger partial charge is 0.191 e. The topological polar surface area (TPSA) is 69.1 Å². The average molecular weight is 456 g/mol. The van der Waals surface area contributed by atoms with Crippen LogP contribution in [0.3, 0.4) is 0 Å². The number of hydrogen-bond acceptors (Lipinski definition) is 4. The Labute approximate surface area is 164 Å². The SMILES string of the molecule is CCNC(=NCC(C)(C)N1CCOCC1)NCC(O)(CC)CC.I. The van der Waals surface area contributed by atoms with Gasteiger partial charge in [0, 0.05) is 31.7 Å². The molecule has 0 saturated carbocycles. The molecule has 0 aromatic carbocycles. The number of nitrogens with one attached hydrogen (secondary N) is 2. The van der Waals surface area contributed by atoms with Gasteiger partial charge >= 0.3 is 0 Å². The van der Waals surface area contributed by atoms with Crippen molar-refractivity contribution < 1.29 is 9.84 Å². The van der Waals surface area contributed by atoms with Crippen LogP contribution in [0, 0.1) is 0 Å². The van der Waals surface area contributed by atoms with Crippen molar-refractivity contribution in [3.63, 3.8) is 0 Å². The van der Waals surface area contributed by atoms with Crippen molar-refractivity contribution in [1.29, 1.82) is 0 Å². The van der Waals surface area contributed by atoms with E-state index in [0.717, 1.165) is 51.6 Å². The monoisotopic (exact) mass is 456 g/mol. The van der Waals surface area contributed by atoms with Crippen LogP contribution in [0.15, 0.2) is 4.99 Å². The highest BCUT2D eigenvalue weighted by Gasteiger charge is 2.28. The summed E-state index contributed by atoms with van der Waals surface area (Å²) in [5.41, 5.74) is -0.673. The lowest BCUT2D eigenvalue weighted by molar-refractivity contribution is -0.00686. The first kappa shape index (κ1) is 23.9. The van der Waals surface area contributed by atoms with Gasteiger partial charge in [0.2, 0.25) is 0 Å².